The first-order chi connectivity index (χ1) is 12.6. The second-order valence-electron chi connectivity index (χ2n) is 5.11. The van der Waals surface area contributed by atoms with E-state index in [0.29, 0.717) is 39.0 Å². The van der Waals surface area contributed by atoms with Crippen molar-refractivity contribution < 1.29 is 9.47 Å². The molecule has 1 heterocycles. The quantitative estimate of drug-likeness (QED) is 0.630. The van der Waals surface area contributed by atoms with Gasteiger partial charge in [0.25, 0.3) is 0 Å². The molecule has 0 saturated carbocycles. The summed E-state index contributed by atoms with van der Waals surface area (Å²) in [6, 6.07) is 10.6. The number of halogens is 2. The van der Waals surface area contributed by atoms with E-state index in [1.807, 2.05) is 6.07 Å². The lowest BCUT2D eigenvalue weighted by atomic mass is 10.2. The van der Waals surface area contributed by atoms with Gasteiger partial charge in [-0.05, 0) is 30.3 Å². The average molecular weight is 392 g/mol. The van der Waals surface area contributed by atoms with Gasteiger partial charge in [-0.3, -0.25) is 0 Å². The number of rotatable bonds is 6. The molecular formula is C17H15Cl2N5O2. The first kappa shape index (κ1) is 18.0. The third-order valence-corrected chi connectivity index (χ3v) is 4.13. The Balaban J connectivity index is 1.78. The van der Waals surface area contributed by atoms with Gasteiger partial charge in [0, 0.05) is 17.4 Å². The smallest absolute Gasteiger partial charge is 0.249 e. The van der Waals surface area contributed by atoms with E-state index in [1.165, 1.54) is 6.20 Å². The van der Waals surface area contributed by atoms with Crippen molar-refractivity contribution in [2.24, 2.45) is 0 Å². The van der Waals surface area contributed by atoms with E-state index in [1.54, 1.807) is 44.6 Å². The summed E-state index contributed by atoms with van der Waals surface area (Å²) in [7, 11) is 3.16. The van der Waals surface area contributed by atoms with Gasteiger partial charge in [0.2, 0.25) is 5.95 Å². The Morgan fingerprint density at radius 3 is 2.31 bits per heavy atom. The lowest BCUT2D eigenvalue weighted by Gasteiger charge is -2.11. The van der Waals surface area contributed by atoms with Crippen LogP contribution in [0.1, 0.15) is 0 Å². The van der Waals surface area contributed by atoms with Crippen LogP contribution >= 0.6 is 23.2 Å². The van der Waals surface area contributed by atoms with Gasteiger partial charge in [-0.2, -0.15) is 10.1 Å². The molecule has 2 aromatic carbocycles. The molecule has 26 heavy (non-hydrogen) atoms. The molecule has 9 heteroatoms. The highest BCUT2D eigenvalue weighted by atomic mass is 35.5. The lowest BCUT2D eigenvalue weighted by Crippen LogP contribution is -2.02. The summed E-state index contributed by atoms with van der Waals surface area (Å²) in [6.45, 7) is 0. The fourth-order valence-electron chi connectivity index (χ4n) is 2.18. The molecule has 1 aromatic heterocycles. The molecule has 2 N–H and O–H groups in total. The van der Waals surface area contributed by atoms with Gasteiger partial charge < -0.3 is 20.1 Å². The molecular weight excluding hydrogens is 377 g/mol. The molecule has 0 amide bonds. The zero-order valence-corrected chi connectivity index (χ0v) is 15.5. The minimum absolute atomic E-state index is 0.314. The zero-order valence-electron chi connectivity index (χ0n) is 14.0. The van der Waals surface area contributed by atoms with Crippen molar-refractivity contribution in [2.75, 3.05) is 24.9 Å². The number of benzene rings is 2. The highest BCUT2D eigenvalue weighted by molar-refractivity contribution is 6.42. The highest BCUT2D eigenvalue weighted by Crippen LogP contribution is 2.31. The Morgan fingerprint density at radius 2 is 1.58 bits per heavy atom. The predicted molar refractivity (Wildman–Crippen MR) is 102 cm³/mol. The van der Waals surface area contributed by atoms with Crippen molar-refractivity contribution >= 4 is 46.3 Å². The normalized spacial score (nSPS) is 10.3. The van der Waals surface area contributed by atoms with E-state index in [-0.39, 0.29) is 0 Å². The number of nitrogens with one attached hydrogen (secondary N) is 2. The summed E-state index contributed by atoms with van der Waals surface area (Å²) in [5.74, 6) is 2.07. The van der Waals surface area contributed by atoms with Crippen LogP contribution in [0.2, 0.25) is 10.0 Å². The fourth-order valence-corrected chi connectivity index (χ4v) is 2.48. The largest absolute Gasteiger partial charge is 0.493 e. The van der Waals surface area contributed by atoms with E-state index in [0.717, 1.165) is 5.69 Å². The van der Waals surface area contributed by atoms with Crippen molar-refractivity contribution in [3.05, 3.63) is 52.6 Å². The molecule has 3 rings (SSSR count). The Bertz CT molecular complexity index is 923. The van der Waals surface area contributed by atoms with Gasteiger partial charge in [-0.1, -0.05) is 23.2 Å². The van der Waals surface area contributed by atoms with Crippen LogP contribution in [0.25, 0.3) is 0 Å². The van der Waals surface area contributed by atoms with E-state index in [4.69, 9.17) is 32.7 Å². The molecule has 0 aliphatic rings. The molecule has 0 fully saturated rings. The van der Waals surface area contributed by atoms with Crippen LogP contribution < -0.4 is 20.1 Å². The van der Waals surface area contributed by atoms with E-state index < -0.39 is 0 Å². The minimum atomic E-state index is 0.314. The molecule has 0 saturated heterocycles. The second-order valence-corrected chi connectivity index (χ2v) is 5.93. The average Bonchev–Trinajstić information content (AvgIpc) is 2.65. The van der Waals surface area contributed by atoms with Crippen molar-refractivity contribution in [3.8, 4) is 11.5 Å². The number of hydrogen-bond donors (Lipinski definition) is 2. The maximum atomic E-state index is 6.01. The number of nitrogens with zero attached hydrogens (tertiary/aromatic N) is 3. The van der Waals surface area contributed by atoms with Crippen molar-refractivity contribution in [1.82, 2.24) is 15.2 Å². The van der Waals surface area contributed by atoms with Gasteiger partial charge in [-0.15, -0.1) is 5.10 Å². The van der Waals surface area contributed by atoms with Gasteiger partial charge in [0.1, 0.15) is 0 Å². The summed E-state index contributed by atoms with van der Waals surface area (Å²) in [5.41, 5.74) is 1.47. The molecule has 0 spiro atoms. The third-order valence-electron chi connectivity index (χ3n) is 3.39. The Labute approximate surface area is 160 Å². The first-order valence-corrected chi connectivity index (χ1v) is 8.25. The Kier molecular flexibility index (Phi) is 5.60. The van der Waals surface area contributed by atoms with Crippen LogP contribution in [0.15, 0.2) is 42.6 Å². The second kappa shape index (κ2) is 8.07. The van der Waals surface area contributed by atoms with Crippen LogP contribution in [0.3, 0.4) is 0 Å². The number of hydrogen-bond acceptors (Lipinski definition) is 7. The number of aromatic nitrogens is 3. The maximum Gasteiger partial charge on any atom is 0.249 e. The van der Waals surface area contributed by atoms with Crippen LogP contribution in [0.4, 0.5) is 23.1 Å². The molecule has 0 unspecified atom stereocenters. The molecule has 3 aromatic rings. The third kappa shape index (κ3) is 4.25. The van der Waals surface area contributed by atoms with Gasteiger partial charge in [-0.25, -0.2) is 0 Å². The van der Waals surface area contributed by atoms with Crippen LogP contribution in [-0.2, 0) is 0 Å². The predicted octanol–water partition coefficient (Wildman–Crippen LogP) is 4.68. The summed E-state index contributed by atoms with van der Waals surface area (Å²) >= 11 is 11.9. The molecule has 7 nitrogen and oxygen atoms in total. The van der Waals surface area contributed by atoms with Crippen molar-refractivity contribution in [3.63, 3.8) is 0 Å². The maximum absolute atomic E-state index is 6.01. The summed E-state index contributed by atoms with van der Waals surface area (Å²) in [6.07, 6.45) is 1.51. The Morgan fingerprint density at radius 1 is 0.846 bits per heavy atom. The van der Waals surface area contributed by atoms with Gasteiger partial charge in [0.05, 0.1) is 30.5 Å². The standard InChI is InChI=1S/C17H15Cl2N5O2/c1-25-14-6-4-11(8-15(14)26-2)21-16-9-20-24-17(23-16)22-10-3-5-12(18)13(19)7-10/h3-9H,1-2H3,(H2,21,22,23,24). The summed E-state index contributed by atoms with van der Waals surface area (Å²) < 4.78 is 10.5. The first-order valence-electron chi connectivity index (χ1n) is 7.50. The number of methoxy groups -OCH3 is 2. The number of ether oxygens (including phenoxy) is 2. The zero-order chi connectivity index (χ0) is 18.5. The molecule has 0 radical (unpaired) electrons. The molecule has 0 bridgehead atoms. The summed E-state index contributed by atoms with van der Waals surface area (Å²) in [5, 5.41) is 15.0. The van der Waals surface area contributed by atoms with Crippen molar-refractivity contribution in [2.45, 2.75) is 0 Å². The van der Waals surface area contributed by atoms with Crippen LogP contribution in [0.5, 0.6) is 11.5 Å². The molecule has 0 aliphatic carbocycles. The van der Waals surface area contributed by atoms with Crippen LogP contribution in [0, 0.1) is 0 Å². The molecule has 0 atom stereocenters. The fraction of sp³-hybridized carbons (Fsp3) is 0.118. The molecule has 0 aliphatic heterocycles. The topological polar surface area (TPSA) is 81.2 Å². The minimum Gasteiger partial charge on any atom is -0.493 e. The van der Waals surface area contributed by atoms with Gasteiger partial charge >= 0.3 is 0 Å². The monoisotopic (exact) mass is 391 g/mol. The lowest BCUT2D eigenvalue weighted by molar-refractivity contribution is 0.355. The molecule has 134 valence electrons. The Hall–Kier alpha value is -2.77. The SMILES string of the molecule is COc1ccc(Nc2cnnc(Nc3ccc(Cl)c(Cl)c3)n2)cc1OC. The summed E-state index contributed by atoms with van der Waals surface area (Å²) in [4.78, 5) is 4.37. The van der Waals surface area contributed by atoms with Crippen molar-refractivity contribution in [1.29, 1.82) is 0 Å². The van der Waals surface area contributed by atoms with E-state index >= 15 is 0 Å². The number of anilines is 4. The van der Waals surface area contributed by atoms with Gasteiger partial charge in [0.15, 0.2) is 17.3 Å². The highest BCUT2D eigenvalue weighted by Gasteiger charge is 2.07. The van der Waals surface area contributed by atoms with E-state index in [9.17, 15) is 0 Å². The van der Waals surface area contributed by atoms with Crippen LogP contribution in [-0.4, -0.2) is 29.4 Å². The van der Waals surface area contributed by atoms with E-state index in [2.05, 4.69) is 25.8 Å².